The van der Waals surface area contributed by atoms with Crippen molar-refractivity contribution in [1.29, 1.82) is 0 Å². The number of nitrogens with one attached hydrogen (secondary N) is 2. The fourth-order valence-electron chi connectivity index (χ4n) is 4.37. The zero-order valence-electron chi connectivity index (χ0n) is 23.8. The maximum Gasteiger partial charge on any atom is 0.412 e. The van der Waals surface area contributed by atoms with Gasteiger partial charge in [-0.2, -0.15) is 5.10 Å². The molecule has 11 heteroatoms. The van der Waals surface area contributed by atoms with E-state index in [-0.39, 0.29) is 11.1 Å². The maximum absolute atomic E-state index is 14.1. The van der Waals surface area contributed by atoms with Crippen LogP contribution in [0.2, 0.25) is 0 Å². The van der Waals surface area contributed by atoms with Crippen molar-refractivity contribution in [2.45, 2.75) is 32.4 Å². The molecule has 0 spiro atoms. The summed E-state index contributed by atoms with van der Waals surface area (Å²) < 4.78 is 26.2. The molecule has 3 N–H and O–H groups in total. The van der Waals surface area contributed by atoms with Gasteiger partial charge in [-0.3, -0.25) is 14.8 Å². The average molecular weight is 575 g/mol. The van der Waals surface area contributed by atoms with Crippen molar-refractivity contribution in [2.75, 3.05) is 12.4 Å². The van der Waals surface area contributed by atoms with Crippen LogP contribution in [0, 0.1) is 12.7 Å². The highest BCUT2D eigenvalue weighted by molar-refractivity contribution is 5.99. The second-order valence-corrected chi connectivity index (χ2v) is 9.82. The average Bonchev–Trinajstić information content (AvgIpc) is 3.25. The van der Waals surface area contributed by atoms with E-state index in [2.05, 4.69) is 15.7 Å². The molecule has 42 heavy (non-hydrogen) atoms. The summed E-state index contributed by atoms with van der Waals surface area (Å²) in [6, 6.07) is 18.8. The minimum Gasteiger partial charge on any atom is -0.497 e. The third-order valence-corrected chi connectivity index (χ3v) is 7.07. The largest absolute Gasteiger partial charge is 0.497 e. The third kappa shape index (κ3) is 6.09. The first-order chi connectivity index (χ1) is 19.9. The summed E-state index contributed by atoms with van der Waals surface area (Å²) in [7, 11) is 3.22. The number of carbonyl (C=O) groups excluding carboxylic acids is 2. The summed E-state index contributed by atoms with van der Waals surface area (Å²) in [6.07, 6.45) is -1.62. The highest BCUT2D eigenvalue weighted by Crippen LogP contribution is 2.31. The molecule has 0 saturated heterocycles. The van der Waals surface area contributed by atoms with Crippen molar-refractivity contribution in [1.82, 2.24) is 15.1 Å². The Morgan fingerprint density at radius 1 is 1.02 bits per heavy atom. The molecule has 2 amide bonds. The lowest BCUT2D eigenvalue weighted by Gasteiger charge is -2.27. The van der Waals surface area contributed by atoms with Crippen molar-refractivity contribution in [3.8, 4) is 17.0 Å². The van der Waals surface area contributed by atoms with Crippen LogP contribution in [0.5, 0.6) is 5.75 Å². The number of carbonyl (C=O) groups is 3. The number of benzene rings is 3. The van der Waals surface area contributed by atoms with Gasteiger partial charge >= 0.3 is 12.1 Å². The Balaban J connectivity index is 1.52. The number of amides is 2. The van der Waals surface area contributed by atoms with E-state index >= 15 is 0 Å². The zero-order valence-corrected chi connectivity index (χ0v) is 23.8. The lowest BCUT2D eigenvalue weighted by atomic mass is 9.91. The highest BCUT2D eigenvalue weighted by Gasteiger charge is 2.37. The highest BCUT2D eigenvalue weighted by atomic mass is 19.1. The van der Waals surface area contributed by atoms with Gasteiger partial charge in [-0.15, -0.1) is 0 Å². The van der Waals surface area contributed by atoms with Crippen molar-refractivity contribution < 1.29 is 33.4 Å². The molecule has 4 aromatic rings. The van der Waals surface area contributed by atoms with Gasteiger partial charge in [-0.1, -0.05) is 42.5 Å². The fraction of sp³-hybridized carbons (Fsp3) is 0.226. The number of aryl methyl sites for hydroxylation is 1. The first kappa shape index (κ1) is 29.8. The van der Waals surface area contributed by atoms with Gasteiger partial charge in [0, 0.05) is 23.7 Å². The van der Waals surface area contributed by atoms with Crippen molar-refractivity contribution in [3.63, 3.8) is 0 Å². The number of rotatable bonds is 9. The summed E-state index contributed by atoms with van der Waals surface area (Å²) in [4.78, 5) is 38.0. The summed E-state index contributed by atoms with van der Waals surface area (Å²) in [5.74, 6) is -1.75. The number of carboxylic acids is 1. The maximum atomic E-state index is 14.1. The summed E-state index contributed by atoms with van der Waals surface area (Å²) in [5.41, 5.74) is 1.18. The van der Waals surface area contributed by atoms with Gasteiger partial charge in [-0.25, -0.2) is 14.0 Å². The number of ether oxygens (including phenoxy) is 2. The SMILES string of the molecule is COc1ccc(C(C)(NC(=O)c2ccc(-c3nn(C)c(C)c3NC(=O)OC(C)c3ccccc3F)cc2)C(=O)O)cc1. The van der Waals surface area contributed by atoms with E-state index in [1.165, 1.54) is 32.2 Å². The van der Waals surface area contributed by atoms with Crippen LogP contribution < -0.4 is 15.4 Å². The lowest BCUT2D eigenvalue weighted by Crippen LogP contribution is -2.49. The summed E-state index contributed by atoms with van der Waals surface area (Å²) >= 11 is 0. The number of hydrogen-bond donors (Lipinski definition) is 3. The van der Waals surface area contributed by atoms with Crippen LogP contribution in [0.1, 0.15) is 47.1 Å². The molecular weight excluding hydrogens is 543 g/mol. The van der Waals surface area contributed by atoms with E-state index in [1.54, 1.807) is 80.2 Å². The predicted octanol–water partition coefficient (Wildman–Crippen LogP) is 5.58. The minimum absolute atomic E-state index is 0.222. The standard InChI is InChI=1S/C31H31FN4O6/c1-18-26(33-30(40)42-19(2)24-8-6-7-9-25(24)32)27(35-36(18)4)20-10-12-21(13-11-20)28(37)34-31(3,29(38)39)22-14-16-23(41-5)17-15-22/h6-17,19H,1-5H3,(H,33,40)(H,34,37)(H,38,39). The molecule has 1 heterocycles. The van der Waals surface area contributed by atoms with Crippen LogP contribution in [0.15, 0.2) is 72.8 Å². The molecule has 0 aliphatic rings. The first-order valence-electron chi connectivity index (χ1n) is 13.0. The van der Waals surface area contributed by atoms with E-state index in [9.17, 15) is 23.9 Å². The molecule has 1 aromatic heterocycles. The van der Waals surface area contributed by atoms with E-state index in [0.717, 1.165) is 0 Å². The Labute approximate surface area is 242 Å². The van der Waals surface area contributed by atoms with Crippen molar-refractivity contribution >= 4 is 23.7 Å². The minimum atomic E-state index is -1.70. The monoisotopic (exact) mass is 574 g/mol. The van der Waals surface area contributed by atoms with Gasteiger partial charge in [0.15, 0.2) is 5.54 Å². The molecule has 10 nitrogen and oxygen atoms in total. The van der Waals surface area contributed by atoms with Gasteiger partial charge in [0.05, 0.1) is 18.5 Å². The molecule has 4 rings (SSSR count). The molecule has 218 valence electrons. The molecule has 0 radical (unpaired) electrons. The molecule has 0 aliphatic heterocycles. The molecule has 2 atom stereocenters. The topological polar surface area (TPSA) is 132 Å². The van der Waals surface area contributed by atoms with Gasteiger partial charge in [0.1, 0.15) is 23.4 Å². The van der Waals surface area contributed by atoms with Crippen LogP contribution >= 0.6 is 0 Å². The molecular formula is C31H31FN4O6. The second kappa shape index (κ2) is 12.1. The summed E-state index contributed by atoms with van der Waals surface area (Å²) in [5, 5.41) is 19.8. The molecule has 0 fully saturated rings. The number of methoxy groups -OCH3 is 1. The number of anilines is 1. The Kier molecular flexibility index (Phi) is 8.60. The molecule has 0 bridgehead atoms. The first-order valence-corrected chi connectivity index (χ1v) is 13.0. The molecule has 3 aromatic carbocycles. The van der Waals surface area contributed by atoms with Gasteiger partial charge in [0.2, 0.25) is 0 Å². The van der Waals surface area contributed by atoms with E-state index in [1.807, 2.05) is 0 Å². The zero-order chi connectivity index (χ0) is 30.6. The number of aliphatic carboxylic acids is 1. The van der Waals surface area contributed by atoms with Gasteiger partial charge in [-0.05, 0) is 56.7 Å². The van der Waals surface area contributed by atoms with E-state index < -0.39 is 35.4 Å². The van der Waals surface area contributed by atoms with Crippen LogP contribution in [0.4, 0.5) is 14.9 Å². The van der Waals surface area contributed by atoms with Gasteiger partial charge in [0.25, 0.3) is 5.91 Å². The number of aromatic nitrogens is 2. The van der Waals surface area contributed by atoms with Gasteiger partial charge < -0.3 is 19.9 Å². The number of nitrogens with zero attached hydrogens (tertiary/aromatic N) is 2. The number of halogens is 1. The molecule has 2 unspecified atom stereocenters. The van der Waals surface area contributed by atoms with Crippen LogP contribution in [0.3, 0.4) is 0 Å². The third-order valence-electron chi connectivity index (χ3n) is 7.07. The fourth-order valence-corrected chi connectivity index (χ4v) is 4.37. The quantitative estimate of drug-likeness (QED) is 0.238. The van der Waals surface area contributed by atoms with E-state index in [0.29, 0.717) is 34.0 Å². The lowest BCUT2D eigenvalue weighted by molar-refractivity contribution is -0.144. The Hall–Kier alpha value is -5.19. The van der Waals surface area contributed by atoms with Crippen molar-refractivity contribution in [3.05, 3.63) is 101 Å². The van der Waals surface area contributed by atoms with Crippen LogP contribution in [-0.4, -0.2) is 40.0 Å². The predicted molar refractivity (Wildman–Crippen MR) is 154 cm³/mol. The van der Waals surface area contributed by atoms with E-state index in [4.69, 9.17) is 9.47 Å². The van der Waals surface area contributed by atoms with Crippen LogP contribution in [0.25, 0.3) is 11.3 Å². The molecule has 0 aliphatic carbocycles. The number of hydrogen-bond acceptors (Lipinski definition) is 6. The Morgan fingerprint density at radius 3 is 2.26 bits per heavy atom. The Morgan fingerprint density at radius 2 is 1.67 bits per heavy atom. The van der Waals surface area contributed by atoms with Crippen molar-refractivity contribution in [2.24, 2.45) is 7.05 Å². The smallest absolute Gasteiger partial charge is 0.412 e. The summed E-state index contributed by atoms with van der Waals surface area (Å²) in [6.45, 7) is 4.74. The van der Waals surface area contributed by atoms with Crippen LogP contribution in [-0.2, 0) is 22.1 Å². The molecule has 0 saturated carbocycles. The number of carboxylic acid groups (broad SMARTS) is 1. The Bertz CT molecular complexity index is 1620. The normalized spacial score (nSPS) is 13.0. The second-order valence-electron chi connectivity index (χ2n) is 9.82.